The quantitative estimate of drug-likeness (QED) is 0.747. The molecule has 0 aliphatic heterocycles. The predicted octanol–water partition coefficient (Wildman–Crippen LogP) is 1.69. The number of carboxylic acid groups (broad SMARTS) is 1. The summed E-state index contributed by atoms with van der Waals surface area (Å²) in [5.74, 6) is -0.820. The third-order valence-corrected chi connectivity index (χ3v) is 4.54. The molecule has 0 bridgehead atoms. The number of carbonyl (C=O) groups is 1. The third-order valence-electron chi connectivity index (χ3n) is 2.83. The molecule has 0 amide bonds. The number of benzene rings is 1. The lowest BCUT2D eigenvalue weighted by Gasteiger charge is -2.20. The first kappa shape index (κ1) is 16.0. The van der Waals surface area contributed by atoms with Gasteiger partial charge in [0.25, 0.3) is 0 Å². The Morgan fingerprint density at radius 2 is 1.95 bits per heavy atom. The second-order valence-corrected chi connectivity index (χ2v) is 6.89. The second-order valence-electron chi connectivity index (χ2n) is 4.85. The topological polar surface area (TPSA) is 72.4 Å². The molecule has 1 unspecified atom stereocenters. The van der Waals surface area contributed by atoms with Crippen LogP contribution in [-0.4, -0.2) is 32.7 Å². The van der Waals surface area contributed by atoms with Gasteiger partial charge in [0.1, 0.15) is 11.0 Å². The van der Waals surface area contributed by atoms with Gasteiger partial charge in [-0.05, 0) is 37.5 Å². The van der Waals surface area contributed by atoms with E-state index in [4.69, 9.17) is 5.11 Å². The Morgan fingerprint density at radius 1 is 1.37 bits per heavy atom. The van der Waals surface area contributed by atoms with Crippen LogP contribution < -0.4 is 5.32 Å². The van der Waals surface area contributed by atoms with E-state index in [-0.39, 0.29) is 11.0 Å². The highest BCUT2D eigenvalue weighted by Gasteiger charge is 2.25. The molecular formula is C14H21NO3S. The van der Waals surface area contributed by atoms with Crippen molar-refractivity contribution >= 4 is 17.1 Å². The molecule has 0 heterocycles. The molecular weight excluding hydrogens is 262 g/mol. The maximum atomic E-state index is 11.7. The highest BCUT2D eigenvalue weighted by atomic mass is 32.2. The fourth-order valence-corrected chi connectivity index (χ4v) is 2.50. The summed E-state index contributed by atoms with van der Waals surface area (Å²) in [6.07, 6.45) is 0. The Morgan fingerprint density at radius 3 is 2.42 bits per heavy atom. The highest BCUT2D eigenvalue weighted by molar-refractivity contribution is 7.92. The van der Waals surface area contributed by atoms with E-state index in [2.05, 4.69) is 5.32 Å². The summed E-state index contributed by atoms with van der Waals surface area (Å²) < 4.78 is 11.7. The summed E-state index contributed by atoms with van der Waals surface area (Å²) in [5, 5.41) is 12.1. The molecule has 19 heavy (non-hydrogen) atoms. The molecule has 0 aromatic heterocycles. The van der Waals surface area contributed by atoms with E-state index in [0.29, 0.717) is 6.54 Å². The van der Waals surface area contributed by atoms with Gasteiger partial charge >= 0.3 is 5.97 Å². The monoisotopic (exact) mass is 283 g/mol. The zero-order valence-electron chi connectivity index (χ0n) is 11.6. The van der Waals surface area contributed by atoms with Crippen molar-refractivity contribution in [2.24, 2.45) is 0 Å². The lowest BCUT2D eigenvalue weighted by molar-refractivity contribution is -0.138. The maximum Gasteiger partial charge on any atom is 0.325 e. The first-order valence-corrected chi connectivity index (χ1v) is 7.67. The summed E-state index contributed by atoms with van der Waals surface area (Å²) in [5.41, 5.74) is 2.19. The Hall–Kier alpha value is -1.04. The number of aliphatic carboxylic acids is 1. The SMILES string of the molecule is Cc1ccc(CN[C@@H](C[S+]([O-])C(C)C)C(=O)O)cc1. The Balaban J connectivity index is 2.54. The van der Waals surface area contributed by atoms with E-state index in [9.17, 15) is 9.35 Å². The molecule has 1 aromatic carbocycles. The molecule has 0 aliphatic rings. The number of nitrogens with one attached hydrogen (secondary N) is 1. The van der Waals surface area contributed by atoms with Gasteiger partial charge in [0.15, 0.2) is 6.04 Å². The van der Waals surface area contributed by atoms with Crippen LogP contribution in [0.3, 0.4) is 0 Å². The minimum absolute atomic E-state index is 0.0250. The predicted molar refractivity (Wildman–Crippen MR) is 77.6 cm³/mol. The molecule has 0 saturated heterocycles. The molecule has 0 aliphatic carbocycles. The van der Waals surface area contributed by atoms with E-state index in [1.807, 2.05) is 45.0 Å². The van der Waals surface area contributed by atoms with Crippen LogP contribution in [0.15, 0.2) is 24.3 Å². The normalized spacial score (nSPS) is 14.4. The van der Waals surface area contributed by atoms with Gasteiger partial charge in [0, 0.05) is 6.54 Å². The van der Waals surface area contributed by atoms with Gasteiger partial charge in [-0.2, -0.15) is 0 Å². The van der Waals surface area contributed by atoms with Gasteiger partial charge in [-0.3, -0.25) is 10.1 Å². The third kappa shape index (κ3) is 5.63. The van der Waals surface area contributed by atoms with Crippen LogP contribution in [0.4, 0.5) is 0 Å². The molecule has 1 rings (SSSR count). The smallest absolute Gasteiger partial charge is 0.325 e. The van der Waals surface area contributed by atoms with Gasteiger partial charge < -0.3 is 9.66 Å². The minimum Gasteiger partial charge on any atom is -0.616 e. The lowest BCUT2D eigenvalue weighted by atomic mass is 10.1. The zero-order chi connectivity index (χ0) is 14.4. The van der Waals surface area contributed by atoms with Crippen LogP contribution in [0.25, 0.3) is 0 Å². The summed E-state index contributed by atoms with van der Waals surface area (Å²) in [6, 6.07) is 7.11. The number of rotatable bonds is 7. The van der Waals surface area contributed by atoms with E-state index in [0.717, 1.165) is 5.56 Å². The summed E-state index contributed by atoms with van der Waals surface area (Å²) >= 11 is -1.13. The average molecular weight is 283 g/mol. The maximum absolute atomic E-state index is 11.7. The fourth-order valence-electron chi connectivity index (χ4n) is 1.52. The summed E-state index contributed by atoms with van der Waals surface area (Å²) in [6.45, 7) is 6.12. The van der Waals surface area contributed by atoms with Crippen molar-refractivity contribution in [3.63, 3.8) is 0 Å². The van der Waals surface area contributed by atoms with Crippen LogP contribution in [0.5, 0.6) is 0 Å². The molecule has 2 N–H and O–H groups in total. The van der Waals surface area contributed by atoms with Gasteiger partial charge in [0.05, 0.1) is 0 Å². The van der Waals surface area contributed by atoms with Crippen molar-refractivity contribution in [2.75, 3.05) is 5.75 Å². The molecule has 1 aromatic rings. The number of hydrogen-bond acceptors (Lipinski definition) is 3. The number of hydrogen-bond donors (Lipinski definition) is 2. The van der Waals surface area contributed by atoms with Crippen molar-refractivity contribution in [3.05, 3.63) is 35.4 Å². The minimum atomic E-state index is -1.13. The molecule has 0 radical (unpaired) electrons. The first-order valence-electron chi connectivity index (χ1n) is 6.29. The van der Waals surface area contributed by atoms with Crippen molar-refractivity contribution in [3.8, 4) is 0 Å². The van der Waals surface area contributed by atoms with Crippen LogP contribution in [0.1, 0.15) is 25.0 Å². The van der Waals surface area contributed by atoms with Crippen molar-refractivity contribution < 1.29 is 14.5 Å². The standard InChI is InChI=1S/C14H21NO3S/c1-10(2)19(18)9-13(14(16)17)15-8-12-6-4-11(3)5-7-12/h4-7,10,13,15H,8-9H2,1-3H3,(H,16,17)/t13-,19?/m0/s1. The highest BCUT2D eigenvalue weighted by Crippen LogP contribution is 2.06. The average Bonchev–Trinajstić information content (AvgIpc) is 2.35. The molecule has 0 fully saturated rings. The van der Waals surface area contributed by atoms with Gasteiger partial charge in [-0.15, -0.1) is 0 Å². The Labute approximate surface area is 117 Å². The second kappa shape index (κ2) is 7.53. The van der Waals surface area contributed by atoms with Crippen molar-refractivity contribution in [1.82, 2.24) is 5.32 Å². The van der Waals surface area contributed by atoms with Crippen LogP contribution >= 0.6 is 0 Å². The molecule has 106 valence electrons. The van der Waals surface area contributed by atoms with Crippen molar-refractivity contribution in [1.29, 1.82) is 0 Å². The molecule has 2 atom stereocenters. The Bertz CT molecular complexity index is 406. The van der Waals surface area contributed by atoms with E-state index in [1.165, 1.54) is 5.56 Å². The summed E-state index contributed by atoms with van der Waals surface area (Å²) in [4.78, 5) is 11.1. The van der Waals surface area contributed by atoms with E-state index in [1.54, 1.807) is 0 Å². The zero-order valence-corrected chi connectivity index (χ0v) is 12.4. The number of carboxylic acids is 1. The van der Waals surface area contributed by atoms with Crippen LogP contribution in [0, 0.1) is 6.92 Å². The van der Waals surface area contributed by atoms with Crippen LogP contribution in [-0.2, 0) is 22.5 Å². The molecule has 0 saturated carbocycles. The number of aryl methyl sites for hydroxylation is 1. The molecule has 0 spiro atoms. The lowest BCUT2D eigenvalue weighted by Crippen LogP contribution is -2.43. The largest absolute Gasteiger partial charge is 0.616 e. The fraction of sp³-hybridized carbons (Fsp3) is 0.500. The first-order chi connectivity index (χ1) is 8.90. The van der Waals surface area contributed by atoms with E-state index < -0.39 is 23.2 Å². The van der Waals surface area contributed by atoms with Crippen molar-refractivity contribution in [2.45, 2.75) is 38.6 Å². The van der Waals surface area contributed by atoms with Crippen LogP contribution in [0.2, 0.25) is 0 Å². The molecule has 4 nitrogen and oxygen atoms in total. The van der Waals surface area contributed by atoms with E-state index >= 15 is 0 Å². The van der Waals surface area contributed by atoms with Gasteiger partial charge in [0.2, 0.25) is 0 Å². The summed E-state index contributed by atoms with van der Waals surface area (Å²) in [7, 11) is 0. The van der Waals surface area contributed by atoms with Gasteiger partial charge in [-0.1, -0.05) is 29.8 Å². The molecule has 5 heteroatoms. The van der Waals surface area contributed by atoms with Gasteiger partial charge in [-0.25, -0.2) is 0 Å². The Kier molecular flexibility index (Phi) is 6.34.